The van der Waals surface area contributed by atoms with E-state index >= 15 is 0 Å². The van der Waals surface area contributed by atoms with Gasteiger partial charge in [-0.1, -0.05) is 18.2 Å². The van der Waals surface area contributed by atoms with Gasteiger partial charge in [0.15, 0.2) is 5.65 Å². The molecule has 2 heterocycles. The molecule has 0 saturated carbocycles. The third kappa shape index (κ3) is 5.10. The van der Waals surface area contributed by atoms with E-state index in [0.29, 0.717) is 25.1 Å². The molecule has 31 heavy (non-hydrogen) atoms. The largest absolute Gasteiger partial charge is 0.457 e. The molecule has 4 rings (SSSR count). The lowest BCUT2D eigenvalue weighted by molar-refractivity contribution is 0.478. The highest BCUT2D eigenvalue weighted by molar-refractivity contribution is 7.89. The van der Waals surface area contributed by atoms with Gasteiger partial charge >= 0.3 is 0 Å². The number of aryl methyl sites for hydroxylation is 3. The van der Waals surface area contributed by atoms with Gasteiger partial charge in [-0.3, -0.25) is 0 Å². The Kier molecular flexibility index (Phi) is 6.01. The van der Waals surface area contributed by atoms with Gasteiger partial charge in [0, 0.05) is 25.0 Å². The van der Waals surface area contributed by atoms with Crippen LogP contribution in [0.1, 0.15) is 23.2 Å². The Bertz CT molecular complexity index is 1300. The molecule has 0 amide bonds. The first-order valence-electron chi connectivity index (χ1n) is 10.0. The minimum atomic E-state index is -3.58. The fourth-order valence-corrected chi connectivity index (χ4v) is 4.30. The third-order valence-corrected chi connectivity index (χ3v) is 6.36. The number of rotatable bonds is 8. The van der Waals surface area contributed by atoms with E-state index in [-0.39, 0.29) is 4.90 Å². The van der Waals surface area contributed by atoms with Crippen LogP contribution in [0.5, 0.6) is 11.5 Å². The Hall–Kier alpha value is -3.23. The van der Waals surface area contributed by atoms with Crippen molar-refractivity contribution in [1.82, 2.24) is 19.3 Å². The highest BCUT2D eigenvalue weighted by Crippen LogP contribution is 2.25. The summed E-state index contributed by atoms with van der Waals surface area (Å²) < 4.78 is 35.4. The monoisotopic (exact) mass is 436 g/mol. The van der Waals surface area contributed by atoms with Gasteiger partial charge in [0.1, 0.15) is 11.5 Å². The van der Waals surface area contributed by atoms with Crippen LogP contribution in [0.15, 0.2) is 71.9 Å². The van der Waals surface area contributed by atoms with Crippen LogP contribution in [0.25, 0.3) is 5.65 Å². The fourth-order valence-electron chi connectivity index (χ4n) is 3.23. The smallest absolute Gasteiger partial charge is 0.240 e. The number of aromatic nitrogens is 3. The molecule has 0 radical (unpaired) electrons. The van der Waals surface area contributed by atoms with Gasteiger partial charge in [-0.15, -0.1) is 0 Å². The van der Waals surface area contributed by atoms with Crippen LogP contribution >= 0.6 is 0 Å². The Balaban J connectivity index is 1.32. The lowest BCUT2D eigenvalue weighted by atomic mass is 10.2. The molecule has 0 spiro atoms. The van der Waals surface area contributed by atoms with Crippen molar-refractivity contribution >= 4 is 15.7 Å². The Morgan fingerprint density at radius 1 is 1.06 bits per heavy atom. The molecule has 1 N–H and O–H groups in total. The number of nitrogens with one attached hydrogen (secondary N) is 1. The zero-order chi connectivity index (χ0) is 21.8. The first-order valence-corrected chi connectivity index (χ1v) is 11.5. The second kappa shape index (κ2) is 8.87. The summed E-state index contributed by atoms with van der Waals surface area (Å²) in [6.07, 6.45) is 5.09. The summed E-state index contributed by atoms with van der Waals surface area (Å²) in [5.74, 6) is 1.33. The number of hydrogen-bond acceptors (Lipinski definition) is 5. The molecule has 0 atom stereocenters. The Morgan fingerprint density at radius 2 is 1.84 bits per heavy atom. The molecule has 0 aliphatic rings. The van der Waals surface area contributed by atoms with Crippen molar-refractivity contribution in [2.45, 2.75) is 31.6 Å². The number of fused-ring (bicyclic) bond motifs is 1. The quantitative estimate of drug-likeness (QED) is 0.421. The summed E-state index contributed by atoms with van der Waals surface area (Å²) in [6, 6.07) is 16.0. The zero-order valence-electron chi connectivity index (χ0n) is 17.4. The average molecular weight is 437 g/mol. The SMILES string of the molecule is Cc1cc2ncc(CCCNS(=O)(=O)c3ccc(Oc4ccccc4C)cc3)cn2n1. The predicted molar refractivity (Wildman–Crippen MR) is 119 cm³/mol. The maximum absolute atomic E-state index is 12.6. The van der Waals surface area contributed by atoms with Gasteiger partial charge in [-0.25, -0.2) is 22.6 Å². The maximum Gasteiger partial charge on any atom is 0.240 e. The summed E-state index contributed by atoms with van der Waals surface area (Å²) >= 11 is 0. The molecule has 4 aromatic rings. The Morgan fingerprint density at radius 3 is 2.61 bits per heavy atom. The number of benzene rings is 2. The lowest BCUT2D eigenvalue weighted by Crippen LogP contribution is -2.25. The second-order valence-corrected chi connectivity index (χ2v) is 9.16. The molecular formula is C23H24N4O3S. The second-order valence-electron chi connectivity index (χ2n) is 7.39. The molecule has 0 bridgehead atoms. The van der Waals surface area contributed by atoms with Crippen LogP contribution in [0.3, 0.4) is 0 Å². The van der Waals surface area contributed by atoms with E-state index < -0.39 is 10.0 Å². The minimum Gasteiger partial charge on any atom is -0.457 e. The third-order valence-electron chi connectivity index (χ3n) is 4.88. The van der Waals surface area contributed by atoms with E-state index in [1.165, 1.54) is 0 Å². The molecule has 0 unspecified atom stereocenters. The van der Waals surface area contributed by atoms with Crippen molar-refractivity contribution in [3.05, 3.63) is 83.8 Å². The van der Waals surface area contributed by atoms with Gasteiger partial charge in [0.2, 0.25) is 10.0 Å². The zero-order valence-corrected chi connectivity index (χ0v) is 18.3. The summed E-state index contributed by atoms with van der Waals surface area (Å²) in [4.78, 5) is 4.58. The first kappa shape index (κ1) is 21.0. The molecular weight excluding hydrogens is 412 g/mol. The average Bonchev–Trinajstić information content (AvgIpc) is 3.12. The van der Waals surface area contributed by atoms with Crippen molar-refractivity contribution in [3.8, 4) is 11.5 Å². The summed E-state index contributed by atoms with van der Waals surface area (Å²) in [7, 11) is -3.58. The van der Waals surface area contributed by atoms with Crippen LogP contribution < -0.4 is 9.46 Å². The normalized spacial score (nSPS) is 11.7. The van der Waals surface area contributed by atoms with Crippen LogP contribution in [0, 0.1) is 13.8 Å². The predicted octanol–water partition coefficient (Wildman–Crippen LogP) is 4.05. The van der Waals surface area contributed by atoms with Crippen molar-refractivity contribution in [1.29, 1.82) is 0 Å². The summed E-state index contributed by atoms with van der Waals surface area (Å²) in [5, 5.41) is 4.35. The van der Waals surface area contributed by atoms with Gasteiger partial charge in [-0.2, -0.15) is 5.10 Å². The number of hydrogen-bond donors (Lipinski definition) is 1. The number of para-hydroxylation sites is 1. The van der Waals surface area contributed by atoms with Crippen molar-refractivity contribution in [3.63, 3.8) is 0 Å². The van der Waals surface area contributed by atoms with Crippen molar-refractivity contribution < 1.29 is 13.2 Å². The lowest BCUT2D eigenvalue weighted by Gasteiger charge is -2.10. The van der Waals surface area contributed by atoms with E-state index in [1.807, 2.05) is 50.4 Å². The Labute approximate surface area is 181 Å². The molecule has 0 fully saturated rings. The first-order chi connectivity index (χ1) is 14.9. The number of sulfonamides is 1. The standard InChI is InChI=1S/C23H24N4O3S/c1-17-6-3-4-8-22(17)30-20-9-11-21(12-10-20)31(28,29)25-13-5-7-19-15-24-23-14-18(2)26-27(23)16-19/h3-4,6,8-12,14-16,25H,5,7,13H2,1-2H3. The fraction of sp³-hybridized carbons (Fsp3) is 0.217. The molecule has 2 aromatic heterocycles. The van der Waals surface area contributed by atoms with Gasteiger partial charge in [0.05, 0.1) is 10.6 Å². The van der Waals surface area contributed by atoms with Gasteiger partial charge < -0.3 is 4.74 Å². The van der Waals surface area contributed by atoms with Crippen molar-refractivity contribution in [2.24, 2.45) is 0 Å². The number of nitrogens with zero attached hydrogens (tertiary/aromatic N) is 3. The molecule has 0 aliphatic heterocycles. The van der Waals surface area contributed by atoms with E-state index in [0.717, 1.165) is 28.2 Å². The molecule has 160 valence electrons. The van der Waals surface area contributed by atoms with Crippen LogP contribution in [-0.2, 0) is 16.4 Å². The van der Waals surface area contributed by atoms with Gasteiger partial charge in [-0.05, 0) is 68.1 Å². The summed E-state index contributed by atoms with van der Waals surface area (Å²) in [6.45, 7) is 4.22. The molecule has 2 aromatic carbocycles. The van der Waals surface area contributed by atoms with E-state index in [2.05, 4.69) is 14.8 Å². The molecule has 0 saturated heterocycles. The minimum absolute atomic E-state index is 0.208. The van der Waals surface area contributed by atoms with Crippen LogP contribution in [0.2, 0.25) is 0 Å². The highest BCUT2D eigenvalue weighted by Gasteiger charge is 2.13. The van der Waals surface area contributed by atoms with Crippen LogP contribution in [-0.4, -0.2) is 29.6 Å². The highest BCUT2D eigenvalue weighted by atomic mass is 32.2. The van der Waals surface area contributed by atoms with E-state index in [9.17, 15) is 8.42 Å². The molecule has 7 nitrogen and oxygen atoms in total. The molecule has 0 aliphatic carbocycles. The van der Waals surface area contributed by atoms with E-state index in [4.69, 9.17) is 4.74 Å². The van der Waals surface area contributed by atoms with Crippen LogP contribution in [0.4, 0.5) is 0 Å². The topological polar surface area (TPSA) is 85.6 Å². The van der Waals surface area contributed by atoms with Gasteiger partial charge in [0.25, 0.3) is 0 Å². The van der Waals surface area contributed by atoms with E-state index in [1.54, 1.807) is 35.0 Å². The maximum atomic E-state index is 12.6. The summed E-state index contributed by atoms with van der Waals surface area (Å²) in [5.41, 5.74) is 3.73. The number of ether oxygens (including phenoxy) is 1. The molecule has 8 heteroatoms. The van der Waals surface area contributed by atoms with Crippen molar-refractivity contribution in [2.75, 3.05) is 6.54 Å².